The molecule has 0 saturated carbocycles. The highest BCUT2D eigenvalue weighted by atomic mass is 32.2. The molecule has 6 heteroatoms. The molecule has 0 atom stereocenters. The molecule has 1 aliphatic heterocycles. The zero-order valence-electron chi connectivity index (χ0n) is 22.0. The molecule has 0 bridgehead atoms. The number of fused-ring (bicyclic) bond motifs is 1. The third-order valence-electron chi connectivity index (χ3n) is 6.38. The van der Waals surface area contributed by atoms with Crippen LogP contribution in [0.4, 0.5) is 5.69 Å². The molecule has 5 rings (SSSR count). The molecule has 1 fully saturated rings. The number of aliphatic imine (C=N–C) groups is 1. The van der Waals surface area contributed by atoms with E-state index in [9.17, 15) is 4.79 Å². The lowest BCUT2D eigenvalue weighted by Crippen LogP contribution is -2.35. The van der Waals surface area contributed by atoms with Crippen LogP contribution in [-0.4, -0.2) is 29.1 Å². The number of amidine groups is 1. The smallest absolute Gasteiger partial charge is 0.266 e. The van der Waals surface area contributed by atoms with E-state index < -0.39 is 0 Å². The molecule has 1 heterocycles. The largest absolute Gasteiger partial charge is 0.493 e. The Morgan fingerprint density at radius 2 is 1.68 bits per heavy atom. The second-order valence-electron chi connectivity index (χ2n) is 9.42. The normalized spacial score (nSPS) is 15.7. The Kier molecular flexibility index (Phi) is 7.52. The molecule has 4 aromatic rings. The predicted octanol–water partition coefficient (Wildman–Crippen LogP) is 7.75. The number of benzene rings is 4. The van der Waals surface area contributed by atoms with E-state index >= 15 is 0 Å². The van der Waals surface area contributed by atoms with Crippen LogP contribution in [0.3, 0.4) is 0 Å². The fourth-order valence-electron chi connectivity index (χ4n) is 4.42. The van der Waals surface area contributed by atoms with Gasteiger partial charge in [-0.1, -0.05) is 72.3 Å². The lowest BCUT2D eigenvalue weighted by Gasteiger charge is -2.19. The number of ether oxygens (including phenoxy) is 2. The van der Waals surface area contributed by atoms with Crippen LogP contribution < -0.4 is 9.47 Å². The third-order valence-corrected chi connectivity index (χ3v) is 7.36. The van der Waals surface area contributed by atoms with E-state index in [2.05, 4.69) is 24.3 Å². The fourth-order valence-corrected chi connectivity index (χ4v) is 5.53. The summed E-state index contributed by atoms with van der Waals surface area (Å²) < 4.78 is 12.0. The number of para-hydroxylation sites is 1. The summed E-state index contributed by atoms with van der Waals surface area (Å²) in [7, 11) is 1.62. The number of thioether (sulfide) groups is 1. The van der Waals surface area contributed by atoms with Crippen LogP contribution in [0.5, 0.6) is 11.5 Å². The summed E-state index contributed by atoms with van der Waals surface area (Å²) in [5.41, 5.74) is 3.84. The van der Waals surface area contributed by atoms with Crippen molar-refractivity contribution in [2.75, 3.05) is 7.11 Å². The molecule has 192 valence electrons. The molecule has 0 N–H and O–H groups in total. The molecule has 4 aromatic carbocycles. The fraction of sp³-hybridized carbons (Fsp3) is 0.188. The van der Waals surface area contributed by atoms with E-state index in [0.717, 1.165) is 27.6 Å². The summed E-state index contributed by atoms with van der Waals surface area (Å²) in [5, 5.41) is 2.98. The average molecular weight is 523 g/mol. The van der Waals surface area contributed by atoms with Gasteiger partial charge in [-0.05, 0) is 73.1 Å². The topological polar surface area (TPSA) is 51.1 Å². The van der Waals surface area contributed by atoms with Crippen LogP contribution >= 0.6 is 11.8 Å². The van der Waals surface area contributed by atoms with Gasteiger partial charge in [0.1, 0.15) is 6.61 Å². The minimum atomic E-state index is -0.0707. The van der Waals surface area contributed by atoms with Crippen LogP contribution in [0.25, 0.3) is 16.8 Å². The van der Waals surface area contributed by atoms with Crippen molar-refractivity contribution in [1.29, 1.82) is 0 Å². The maximum Gasteiger partial charge on any atom is 0.266 e. The summed E-state index contributed by atoms with van der Waals surface area (Å²) in [4.78, 5) is 20.6. The lowest BCUT2D eigenvalue weighted by atomic mass is 10.1. The first-order valence-electron chi connectivity index (χ1n) is 12.6. The van der Waals surface area contributed by atoms with Crippen LogP contribution in [0.1, 0.15) is 30.5 Å². The van der Waals surface area contributed by atoms with Gasteiger partial charge >= 0.3 is 0 Å². The molecule has 38 heavy (non-hydrogen) atoms. The summed E-state index contributed by atoms with van der Waals surface area (Å²) >= 11 is 1.38. The first-order chi connectivity index (χ1) is 18.4. The molecule has 0 aliphatic carbocycles. The van der Waals surface area contributed by atoms with Gasteiger partial charge in [0, 0.05) is 11.6 Å². The minimum absolute atomic E-state index is 0.0301. The lowest BCUT2D eigenvalue weighted by molar-refractivity contribution is -0.123. The van der Waals surface area contributed by atoms with Crippen LogP contribution in [0.15, 0.2) is 94.8 Å². The molecular formula is C32H30N2O3S. The van der Waals surface area contributed by atoms with Gasteiger partial charge in [-0.2, -0.15) is 0 Å². The van der Waals surface area contributed by atoms with E-state index in [-0.39, 0.29) is 11.9 Å². The van der Waals surface area contributed by atoms with Crippen molar-refractivity contribution < 1.29 is 14.3 Å². The van der Waals surface area contributed by atoms with Crippen molar-refractivity contribution >= 4 is 45.4 Å². The second kappa shape index (κ2) is 11.2. The first kappa shape index (κ1) is 25.6. The number of carbonyl (C=O) groups is 1. The Morgan fingerprint density at radius 1 is 0.947 bits per heavy atom. The molecule has 0 radical (unpaired) electrons. The van der Waals surface area contributed by atoms with E-state index in [1.165, 1.54) is 17.3 Å². The highest BCUT2D eigenvalue weighted by Gasteiger charge is 2.35. The zero-order chi connectivity index (χ0) is 26.6. The van der Waals surface area contributed by atoms with Gasteiger partial charge in [0.25, 0.3) is 5.91 Å². The van der Waals surface area contributed by atoms with Gasteiger partial charge in [0.05, 0.1) is 17.7 Å². The zero-order valence-corrected chi connectivity index (χ0v) is 22.8. The average Bonchev–Trinajstić information content (AvgIpc) is 3.23. The van der Waals surface area contributed by atoms with Gasteiger partial charge in [0.15, 0.2) is 16.7 Å². The number of methoxy groups -OCH3 is 1. The standard InChI is InChI=1S/C32H30N2O3S/c1-21(2)34-31(35)29(38-32(34)33-26-17-15-22(3)16-18-26)19-24-11-8-14-28(36-4)30(24)37-20-25-12-7-10-23-9-5-6-13-27(23)25/h5-19,21H,20H2,1-4H3/b29-19+,33-32?. The number of aryl methyl sites for hydroxylation is 1. The van der Waals surface area contributed by atoms with Gasteiger partial charge in [-0.15, -0.1) is 0 Å². The SMILES string of the molecule is COc1cccc(/C=C2/SC(=Nc3ccc(C)cc3)N(C(C)C)C2=O)c1OCc1cccc2ccccc12. The van der Waals surface area contributed by atoms with Gasteiger partial charge in [-0.3, -0.25) is 9.69 Å². The monoisotopic (exact) mass is 522 g/mol. The Hall–Kier alpha value is -4.03. The van der Waals surface area contributed by atoms with E-state index in [0.29, 0.717) is 28.2 Å². The number of rotatable bonds is 7. The Morgan fingerprint density at radius 3 is 2.45 bits per heavy atom. The van der Waals surface area contributed by atoms with Crippen molar-refractivity contribution in [2.45, 2.75) is 33.4 Å². The summed E-state index contributed by atoms with van der Waals surface area (Å²) in [6.45, 7) is 6.41. The van der Waals surface area contributed by atoms with Gasteiger partial charge < -0.3 is 9.47 Å². The number of carbonyl (C=O) groups excluding carboxylic acids is 1. The molecular weight excluding hydrogens is 492 g/mol. The maximum atomic E-state index is 13.5. The van der Waals surface area contributed by atoms with Crippen molar-refractivity contribution in [3.05, 3.63) is 107 Å². The highest BCUT2D eigenvalue weighted by Crippen LogP contribution is 2.39. The molecule has 1 saturated heterocycles. The van der Waals surface area contributed by atoms with Crippen molar-refractivity contribution in [3.8, 4) is 11.5 Å². The van der Waals surface area contributed by atoms with Crippen LogP contribution in [-0.2, 0) is 11.4 Å². The molecule has 0 spiro atoms. The van der Waals surface area contributed by atoms with Crippen LogP contribution in [0, 0.1) is 6.92 Å². The molecule has 1 amide bonds. The van der Waals surface area contributed by atoms with Crippen molar-refractivity contribution in [2.24, 2.45) is 4.99 Å². The molecule has 1 aliphatic rings. The Bertz CT molecular complexity index is 1540. The molecule has 0 aromatic heterocycles. The Balaban J connectivity index is 1.48. The van der Waals surface area contributed by atoms with E-state index in [1.54, 1.807) is 12.0 Å². The van der Waals surface area contributed by atoms with Crippen molar-refractivity contribution in [1.82, 2.24) is 4.90 Å². The Labute approximate surface area is 227 Å². The second-order valence-corrected chi connectivity index (χ2v) is 10.4. The van der Waals surface area contributed by atoms with E-state index in [4.69, 9.17) is 14.5 Å². The quantitative estimate of drug-likeness (QED) is 0.233. The number of hydrogen-bond acceptors (Lipinski definition) is 5. The molecule has 5 nitrogen and oxygen atoms in total. The van der Waals surface area contributed by atoms with Crippen molar-refractivity contribution in [3.63, 3.8) is 0 Å². The first-order valence-corrected chi connectivity index (χ1v) is 13.4. The number of nitrogens with zero attached hydrogens (tertiary/aromatic N) is 2. The third kappa shape index (κ3) is 5.31. The van der Waals surface area contributed by atoms with Crippen LogP contribution in [0.2, 0.25) is 0 Å². The number of amides is 1. The van der Waals surface area contributed by atoms with Gasteiger partial charge in [-0.25, -0.2) is 4.99 Å². The number of hydrogen-bond donors (Lipinski definition) is 0. The summed E-state index contributed by atoms with van der Waals surface area (Å²) in [6.07, 6.45) is 1.88. The molecule has 0 unspecified atom stereocenters. The highest BCUT2D eigenvalue weighted by molar-refractivity contribution is 8.18. The van der Waals surface area contributed by atoms with Gasteiger partial charge in [0.2, 0.25) is 0 Å². The summed E-state index contributed by atoms with van der Waals surface area (Å²) in [5.74, 6) is 1.15. The predicted molar refractivity (Wildman–Crippen MR) is 157 cm³/mol. The van der Waals surface area contributed by atoms with E-state index in [1.807, 2.05) is 87.5 Å². The maximum absolute atomic E-state index is 13.5. The minimum Gasteiger partial charge on any atom is -0.493 e. The summed E-state index contributed by atoms with van der Waals surface area (Å²) in [6, 6.07) is 28.1.